The van der Waals surface area contributed by atoms with E-state index in [0.29, 0.717) is 5.16 Å². The Labute approximate surface area is 136 Å². The van der Waals surface area contributed by atoms with Gasteiger partial charge in [-0.25, -0.2) is 9.89 Å². The Kier molecular flexibility index (Phi) is 5.54. The lowest BCUT2D eigenvalue weighted by Crippen LogP contribution is -2.26. The molecule has 0 fully saturated rings. The van der Waals surface area contributed by atoms with Crippen molar-refractivity contribution in [2.75, 3.05) is 0 Å². The molecular weight excluding hydrogens is 328 g/mol. The molecule has 0 aliphatic carbocycles. The molecule has 0 amide bonds. The first-order valence-corrected chi connectivity index (χ1v) is 8.85. The lowest BCUT2D eigenvalue weighted by atomic mass is 10.1. The van der Waals surface area contributed by atoms with Gasteiger partial charge < -0.3 is 5.73 Å². The lowest BCUT2D eigenvalue weighted by molar-refractivity contribution is 0.531. The fraction of sp³-hybridized carbons (Fsp3) is 0.538. The van der Waals surface area contributed by atoms with Gasteiger partial charge in [0, 0.05) is 17.0 Å². The van der Waals surface area contributed by atoms with Gasteiger partial charge in [0.2, 0.25) is 0 Å². The Morgan fingerprint density at radius 3 is 2.76 bits per heavy atom. The summed E-state index contributed by atoms with van der Waals surface area (Å²) in [5.41, 5.74) is 6.06. The highest BCUT2D eigenvalue weighted by Crippen LogP contribution is 2.41. The largest absolute Gasteiger partial charge is 0.344 e. The molecule has 5 nitrogen and oxygen atoms in total. The second kappa shape index (κ2) is 7.00. The van der Waals surface area contributed by atoms with E-state index in [-0.39, 0.29) is 23.0 Å². The molecule has 116 valence electrons. The Hall–Kier alpha value is -0.760. The van der Waals surface area contributed by atoms with Crippen LogP contribution >= 0.6 is 34.7 Å². The molecule has 0 bridgehead atoms. The molecule has 2 rings (SSSR count). The van der Waals surface area contributed by atoms with E-state index < -0.39 is 0 Å². The zero-order chi connectivity index (χ0) is 15.6. The number of nitrogens with one attached hydrogen (secondary N) is 1. The molecule has 0 aromatic carbocycles. The third-order valence-corrected chi connectivity index (χ3v) is 5.98. The Bertz CT molecular complexity index is 649. The van der Waals surface area contributed by atoms with Crippen LogP contribution in [0.15, 0.2) is 22.1 Å². The summed E-state index contributed by atoms with van der Waals surface area (Å²) in [5, 5.41) is 7.33. The number of nitrogens with two attached hydrogens (primary N) is 1. The van der Waals surface area contributed by atoms with Crippen LogP contribution in [0.5, 0.6) is 0 Å². The van der Waals surface area contributed by atoms with Gasteiger partial charge in [0.05, 0.1) is 9.59 Å². The normalized spacial score (nSPS) is 14.6. The first-order valence-electron chi connectivity index (χ1n) is 6.78. The molecule has 0 aliphatic heterocycles. The van der Waals surface area contributed by atoms with Gasteiger partial charge in [0.1, 0.15) is 0 Å². The molecule has 0 spiro atoms. The van der Waals surface area contributed by atoms with Gasteiger partial charge in [-0.15, -0.1) is 16.4 Å². The van der Waals surface area contributed by atoms with Gasteiger partial charge in [-0.05, 0) is 32.4 Å². The number of thiophene rings is 1. The number of aromatic nitrogens is 3. The monoisotopic (exact) mass is 346 g/mol. The van der Waals surface area contributed by atoms with Crippen LogP contribution in [-0.4, -0.2) is 20.8 Å². The summed E-state index contributed by atoms with van der Waals surface area (Å²) in [5.74, 6) is 0. The summed E-state index contributed by atoms with van der Waals surface area (Å²) in [4.78, 5) is 12.9. The summed E-state index contributed by atoms with van der Waals surface area (Å²) in [6, 6.07) is 3.88. The molecular formula is C13H19ClN4OS2. The molecule has 0 saturated heterocycles. The second-order valence-electron chi connectivity index (χ2n) is 5.03. The zero-order valence-electron chi connectivity index (χ0n) is 12.2. The smallest absolute Gasteiger partial charge is 0.326 e. The molecule has 0 radical (unpaired) electrons. The molecule has 0 saturated carbocycles. The van der Waals surface area contributed by atoms with E-state index in [2.05, 4.69) is 10.2 Å². The van der Waals surface area contributed by atoms with Crippen LogP contribution in [0, 0.1) is 0 Å². The molecule has 2 aromatic heterocycles. The minimum Gasteiger partial charge on any atom is -0.326 e. The van der Waals surface area contributed by atoms with E-state index in [9.17, 15) is 4.79 Å². The summed E-state index contributed by atoms with van der Waals surface area (Å²) in [7, 11) is 0. The fourth-order valence-electron chi connectivity index (χ4n) is 1.99. The van der Waals surface area contributed by atoms with E-state index in [4.69, 9.17) is 17.3 Å². The molecule has 8 heteroatoms. The molecule has 21 heavy (non-hydrogen) atoms. The van der Waals surface area contributed by atoms with E-state index >= 15 is 0 Å². The van der Waals surface area contributed by atoms with Crippen LogP contribution < -0.4 is 11.4 Å². The van der Waals surface area contributed by atoms with Crippen molar-refractivity contribution in [3.05, 3.63) is 31.8 Å². The van der Waals surface area contributed by atoms with Crippen molar-refractivity contribution in [3.8, 4) is 0 Å². The third kappa shape index (κ3) is 3.71. The van der Waals surface area contributed by atoms with Gasteiger partial charge in [-0.1, -0.05) is 30.3 Å². The number of thioether (sulfide) groups is 1. The van der Waals surface area contributed by atoms with E-state index in [1.165, 1.54) is 23.1 Å². The number of H-pyrrole nitrogens is 1. The van der Waals surface area contributed by atoms with Crippen molar-refractivity contribution in [1.29, 1.82) is 0 Å². The zero-order valence-corrected chi connectivity index (χ0v) is 14.6. The Balaban J connectivity index is 2.34. The van der Waals surface area contributed by atoms with Crippen molar-refractivity contribution >= 4 is 34.7 Å². The number of hydrogen-bond acceptors (Lipinski definition) is 5. The van der Waals surface area contributed by atoms with Crippen LogP contribution in [0.4, 0.5) is 0 Å². The summed E-state index contributed by atoms with van der Waals surface area (Å²) in [6.07, 6.45) is 0.837. The number of nitrogens with zero attached hydrogens (tertiary/aromatic N) is 2. The number of halogens is 1. The molecule has 2 atom stereocenters. The van der Waals surface area contributed by atoms with Gasteiger partial charge in [-0.3, -0.25) is 4.57 Å². The number of rotatable bonds is 6. The Morgan fingerprint density at radius 2 is 2.24 bits per heavy atom. The van der Waals surface area contributed by atoms with Crippen LogP contribution in [0.1, 0.15) is 43.4 Å². The fourth-order valence-corrected chi connectivity index (χ4v) is 4.70. The van der Waals surface area contributed by atoms with E-state index in [1.54, 1.807) is 4.57 Å². The third-order valence-electron chi connectivity index (χ3n) is 3.16. The highest BCUT2D eigenvalue weighted by atomic mass is 35.5. The standard InChI is InChI=1S/C13H19ClN4OS2/c1-4-8(15)11(9-5-6-10(14)20-9)21-13-17-16-12(19)18(13)7(2)3/h5-8,11H,4,15H2,1-3H3,(H,16,19). The number of hydrogen-bond donors (Lipinski definition) is 2. The summed E-state index contributed by atoms with van der Waals surface area (Å²) < 4.78 is 2.39. The summed E-state index contributed by atoms with van der Waals surface area (Å²) in [6.45, 7) is 5.96. The Morgan fingerprint density at radius 1 is 1.52 bits per heavy atom. The average molecular weight is 347 g/mol. The van der Waals surface area contributed by atoms with Crippen molar-refractivity contribution in [1.82, 2.24) is 14.8 Å². The number of aromatic amines is 1. The van der Waals surface area contributed by atoms with Gasteiger partial charge in [0.25, 0.3) is 0 Å². The van der Waals surface area contributed by atoms with Gasteiger partial charge in [0.15, 0.2) is 5.16 Å². The predicted octanol–water partition coefficient (Wildman–Crippen LogP) is 3.44. The van der Waals surface area contributed by atoms with Crippen molar-refractivity contribution in [2.45, 2.75) is 49.7 Å². The maximum atomic E-state index is 11.8. The van der Waals surface area contributed by atoms with Crippen molar-refractivity contribution in [3.63, 3.8) is 0 Å². The minimum absolute atomic E-state index is 0.0280. The second-order valence-corrected chi connectivity index (χ2v) is 7.88. The topological polar surface area (TPSA) is 76.7 Å². The van der Waals surface area contributed by atoms with E-state index in [1.807, 2.05) is 32.9 Å². The van der Waals surface area contributed by atoms with Crippen molar-refractivity contribution in [2.24, 2.45) is 5.73 Å². The van der Waals surface area contributed by atoms with Gasteiger partial charge >= 0.3 is 5.69 Å². The molecule has 2 aromatic rings. The predicted molar refractivity (Wildman–Crippen MR) is 89.4 cm³/mol. The lowest BCUT2D eigenvalue weighted by Gasteiger charge is -2.21. The first kappa shape index (κ1) is 16.6. The molecule has 0 aliphatic rings. The van der Waals surface area contributed by atoms with Crippen molar-refractivity contribution < 1.29 is 0 Å². The van der Waals surface area contributed by atoms with Gasteiger partial charge in [-0.2, -0.15) is 0 Å². The van der Waals surface area contributed by atoms with Crippen LogP contribution in [0.2, 0.25) is 4.34 Å². The highest BCUT2D eigenvalue weighted by Gasteiger charge is 2.25. The van der Waals surface area contributed by atoms with Crippen LogP contribution in [-0.2, 0) is 0 Å². The summed E-state index contributed by atoms with van der Waals surface area (Å²) >= 11 is 9.06. The molecule has 2 heterocycles. The SMILES string of the molecule is CCC(N)C(Sc1n[nH]c(=O)n1C(C)C)c1ccc(Cl)s1. The molecule has 2 unspecified atom stereocenters. The van der Waals surface area contributed by atoms with Crippen LogP contribution in [0.3, 0.4) is 0 Å². The maximum absolute atomic E-state index is 11.8. The highest BCUT2D eigenvalue weighted by molar-refractivity contribution is 7.99. The minimum atomic E-state index is -0.194. The van der Waals surface area contributed by atoms with E-state index in [0.717, 1.165) is 15.6 Å². The van der Waals surface area contributed by atoms with Crippen LogP contribution in [0.25, 0.3) is 0 Å². The maximum Gasteiger partial charge on any atom is 0.344 e. The average Bonchev–Trinajstić information content (AvgIpc) is 3.01. The quantitative estimate of drug-likeness (QED) is 0.785. The first-order chi connectivity index (χ1) is 9.93. The molecule has 3 N–H and O–H groups in total.